The molecule has 0 radical (unpaired) electrons. The van der Waals surface area contributed by atoms with Crippen molar-refractivity contribution in [3.05, 3.63) is 46.1 Å². The quantitative estimate of drug-likeness (QED) is 0.225. The van der Waals surface area contributed by atoms with Crippen molar-refractivity contribution < 1.29 is 32.9 Å². The number of unbranched alkanes of at least 4 members (excludes halogenated alkanes) is 2. The van der Waals surface area contributed by atoms with Crippen molar-refractivity contribution in [3.8, 4) is 11.5 Å². The summed E-state index contributed by atoms with van der Waals surface area (Å²) in [5.74, 6) is -1.96. The maximum absolute atomic E-state index is 12.5. The zero-order valence-electron chi connectivity index (χ0n) is 18.7. The van der Waals surface area contributed by atoms with E-state index in [0.717, 1.165) is 31.3 Å². The van der Waals surface area contributed by atoms with E-state index in [2.05, 4.69) is 10.8 Å². The summed E-state index contributed by atoms with van der Waals surface area (Å²) >= 11 is 0. The SMILES string of the molecule is CCCCCc1cc(O)c(C/C=C(\C)CCC=C(C)C)c(O)c1C(=O)OCC(F)(F)F. The van der Waals surface area contributed by atoms with E-state index in [-0.39, 0.29) is 28.9 Å². The fraction of sp³-hybridized carbons (Fsp3) is 0.542. The second-order valence-electron chi connectivity index (χ2n) is 7.98. The number of phenolic OH excluding ortho intramolecular Hbond substituents is 2. The molecule has 2 N–H and O–H groups in total. The Morgan fingerprint density at radius 3 is 2.39 bits per heavy atom. The van der Waals surface area contributed by atoms with E-state index in [9.17, 15) is 28.2 Å². The number of alkyl halides is 3. The van der Waals surface area contributed by atoms with Crippen LogP contribution in [-0.4, -0.2) is 29.0 Å². The Kier molecular flexibility index (Phi) is 10.7. The largest absolute Gasteiger partial charge is 0.508 e. The van der Waals surface area contributed by atoms with Crippen LogP contribution in [0.25, 0.3) is 0 Å². The van der Waals surface area contributed by atoms with Gasteiger partial charge in [-0.1, -0.05) is 43.1 Å². The van der Waals surface area contributed by atoms with Crippen LogP contribution < -0.4 is 0 Å². The number of carbonyl (C=O) groups is 1. The molecule has 1 aromatic carbocycles. The first kappa shape index (κ1) is 26.6. The Balaban J connectivity index is 3.19. The number of allylic oxidation sites excluding steroid dienone is 4. The first-order chi connectivity index (χ1) is 14.5. The molecule has 0 atom stereocenters. The molecule has 0 amide bonds. The molecule has 174 valence electrons. The van der Waals surface area contributed by atoms with Crippen LogP contribution in [-0.2, 0) is 17.6 Å². The minimum Gasteiger partial charge on any atom is -0.508 e. The van der Waals surface area contributed by atoms with E-state index in [1.165, 1.54) is 11.6 Å². The van der Waals surface area contributed by atoms with Crippen LogP contribution in [0.3, 0.4) is 0 Å². The van der Waals surface area contributed by atoms with Crippen LogP contribution in [0, 0.1) is 0 Å². The lowest BCUT2D eigenvalue weighted by Crippen LogP contribution is -2.21. The first-order valence-electron chi connectivity index (χ1n) is 10.6. The average Bonchev–Trinajstić information content (AvgIpc) is 2.65. The molecule has 4 nitrogen and oxygen atoms in total. The van der Waals surface area contributed by atoms with Crippen molar-refractivity contribution >= 4 is 5.97 Å². The highest BCUT2D eigenvalue weighted by atomic mass is 19.4. The highest BCUT2D eigenvalue weighted by Gasteiger charge is 2.31. The van der Waals surface area contributed by atoms with Crippen LogP contribution in [0.5, 0.6) is 11.5 Å². The summed E-state index contributed by atoms with van der Waals surface area (Å²) in [7, 11) is 0. The number of esters is 1. The van der Waals surface area contributed by atoms with Crippen molar-refractivity contribution in [2.24, 2.45) is 0 Å². The smallest absolute Gasteiger partial charge is 0.422 e. The molecule has 0 aliphatic carbocycles. The molecule has 0 aromatic heterocycles. The fourth-order valence-electron chi connectivity index (χ4n) is 3.13. The minimum absolute atomic E-state index is 0.0970. The van der Waals surface area contributed by atoms with Gasteiger partial charge in [0, 0.05) is 5.56 Å². The predicted octanol–water partition coefficient (Wildman–Crippen LogP) is 6.78. The molecule has 0 unspecified atom stereocenters. The Morgan fingerprint density at radius 2 is 1.81 bits per heavy atom. The number of halogens is 3. The number of hydrogen-bond donors (Lipinski definition) is 2. The van der Waals surface area contributed by atoms with E-state index in [4.69, 9.17) is 0 Å². The van der Waals surface area contributed by atoms with Gasteiger partial charge < -0.3 is 14.9 Å². The summed E-state index contributed by atoms with van der Waals surface area (Å²) in [4.78, 5) is 12.4. The van der Waals surface area contributed by atoms with Crippen LogP contribution >= 0.6 is 0 Å². The molecule has 31 heavy (non-hydrogen) atoms. The highest BCUT2D eigenvalue weighted by Crippen LogP contribution is 2.36. The van der Waals surface area contributed by atoms with Gasteiger partial charge in [-0.25, -0.2) is 4.79 Å². The van der Waals surface area contributed by atoms with Crippen LogP contribution in [0.15, 0.2) is 29.4 Å². The first-order valence-corrected chi connectivity index (χ1v) is 10.6. The fourth-order valence-corrected chi connectivity index (χ4v) is 3.13. The van der Waals surface area contributed by atoms with Gasteiger partial charge in [-0.2, -0.15) is 13.2 Å². The predicted molar refractivity (Wildman–Crippen MR) is 115 cm³/mol. The normalized spacial score (nSPS) is 12.0. The average molecular weight is 443 g/mol. The number of hydrogen-bond acceptors (Lipinski definition) is 4. The third-order valence-electron chi connectivity index (χ3n) is 4.83. The summed E-state index contributed by atoms with van der Waals surface area (Å²) in [5, 5.41) is 21.1. The third-order valence-corrected chi connectivity index (χ3v) is 4.83. The Labute approximate surface area is 182 Å². The zero-order chi connectivity index (χ0) is 23.6. The van der Waals surface area contributed by atoms with Crippen molar-refractivity contribution in [1.29, 1.82) is 0 Å². The number of phenols is 2. The van der Waals surface area contributed by atoms with Gasteiger partial charge in [0.1, 0.15) is 17.1 Å². The lowest BCUT2D eigenvalue weighted by molar-refractivity contribution is -0.161. The van der Waals surface area contributed by atoms with Crippen molar-refractivity contribution in [1.82, 2.24) is 0 Å². The summed E-state index contributed by atoms with van der Waals surface area (Å²) < 4.78 is 41.9. The van der Waals surface area contributed by atoms with Gasteiger partial charge in [-0.15, -0.1) is 0 Å². The molecule has 0 aliphatic rings. The van der Waals surface area contributed by atoms with E-state index >= 15 is 0 Å². The lowest BCUT2D eigenvalue weighted by atomic mass is 9.94. The van der Waals surface area contributed by atoms with E-state index in [1.54, 1.807) is 0 Å². The maximum atomic E-state index is 12.5. The van der Waals surface area contributed by atoms with Crippen molar-refractivity contribution in [2.45, 2.75) is 78.8 Å². The number of carbonyl (C=O) groups excluding carboxylic acids is 1. The summed E-state index contributed by atoms with van der Waals surface area (Å²) in [6.45, 7) is 6.19. The van der Waals surface area contributed by atoms with Gasteiger partial charge >= 0.3 is 12.1 Å². The van der Waals surface area contributed by atoms with Crippen LogP contribution in [0.4, 0.5) is 13.2 Å². The van der Waals surface area contributed by atoms with Gasteiger partial charge in [-0.05, 0) is 64.5 Å². The van der Waals surface area contributed by atoms with Crippen molar-refractivity contribution in [3.63, 3.8) is 0 Å². The summed E-state index contributed by atoms with van der Waals surface area (Å²) in [6, 6.07) is 1.35. The summed E-state index contributed by atoms with van der Waals surface area (Å²) in [5.41, 5.74) is 2.32. The Morgan fingerprint density at radius 1 is 1.13 bits per heavy atom. The van der Waals surface area contributed by atoms with Gasteiger partial charge in [0.2, 0.25) is 0 Å². The lowest BCUT2D eigenvalue weighted by Gasteiger charge is -2.16. The molecule has 0 bridgehead atoms. The van der Waals surface area contributed by atoms with Crippen LogP contribution in [0.2, 0.25) is 0 Å². The standard InChI is InChI=1S/C24H33F3O4/c1-5-6-7-11-18-14-20(28)19(13-12-17(4)10-8-9-16(2)3)22(29)21(18)23(30)31-15-24(25,26)27/h9,12,14,28-29H,5-8,10-11,13,15H2,1-4H3/b17-12+. The molecular formula is C24H33F3O4. The van der Waals surface area contributed by atoms with Gasteiger partial charge in [-0.3, -0.25) is 0 Å². The molecule has 7 heteroatoms. The molecule has 0 heterocycles. The van der Waals surface area contributed by atoms with E-state index < -0.39 is 24.5 Å². The molecule has 0 saturated carbocycles. The van der Waals surface area contributed by atoms with Gasteiger partial charge in [0.15, 0.2) is 6.61 Å². The molecule has 1 aromatic rings. The number of aryl methyl sites for hydroxylation is 1. The molecule has 0 fully saturated rings. The second kappa shape index (κ2) is 12.4. The maximum Gasteiger partial charge on any atom is 0.422 e. The molecule has 1 rings (SSSR count). The number of benzene rings is 1. The molecular weight excluding hydrogens is 409 g/mol. The molecule has 0 spiro atoms. The second-order valence-corrected chi connectivity index (χ2v) is 7.98. The zero-order valence-corrected chi connectivity index (χ0v) is 18.7. The van der Waals surface area contributed by atoms with E-state index in [0.29, 0.717) is 12.8 Å². The van der Waals surface area contributed by atoms with Gasteiger partial charge in [0.25, 0.3) is 0 Å². The van der Waals surface area contributed by atoms with E-state index in [1.807, 2.05) is 33.8 Å². The van der Waals surface area contributed by atoms with Gasteiger partial charge in [0.05, 0.1) is 0 Å². The molecule has 0 aliphatic heterocycles. The molecule has 0 saturated heterocycles. The Bertz CT molecular complexity index is 804. The van der Waals surface area contributed by atoms with Crippen LogP contribution in [0.1, 0.15) is 81.3 Å². The third kappa shape index (κ3) is 9.49. The number of ether oxygens (including phenoxy) is 1. The number of aromatic hydroxyl groups is 2. The topological polar surface area (TPSA) is 66.8 Å². The minimum atomic E-state index is -4.67. The Hall–Kier alpha value is -2.44. The summed E-state index contributed by atoms with van der Waals surface area (Å²) in [6.07, 6.45) is 3.80. The monoisotopic (exact) mass is 442 g/mol. The van der Waals surface area contributed by atoms with Crippen molar-refractivity contribution in [2.75, 3.05) is 6.61 Å². The number of rotatable bonds is 11. The highest BCUT2D eigenvalue weighted by molar-refractivity contribution is 5.95.